The fourth-order valence-corrected chi connectivity index (χ4v) is 4.47. The summed E-state index contributed by atoms with van der Waals surface area (Å²) in [5, 5.41) is 12.6. The predicted molar refractivity (Wildman–Crippen MR) is 92.5 cm³/mol. The van der Waals surface area contributed by atoms with Crippen molar-refractivity contribution in [2.75, 3.05) is 38.1 Å². The summed E-state index contributed by atoms with van der Waals surface area (Å²) in [6, 6.07) is -0.328. The Bertz CT molecular complexity index is 694. The van der Waals surface area contributed by atoms with E-state index in [9.17, 15) is 19.5 Å². The fourth-order valence-electron chi connectivity index (χ4n) is 3.20. The fraction of sp³-hybridized carbons (Fsp3) is 0.562. The molecule has 0 unspecified atom stereocenters. The maximum absolute atomic E-state index is 12.5. The molecule has 9 heteroatoms. The van der Waals surface area contributed by atoms with Crippen LogP contribution in [-0.2, 0) is 17.6 Å². The molecule has 1 saturated heterocycles. The molecular formula is C16H21N3O5S. The van der Waals surface area contributed by atoms with Crippen LogP contribution >= 0.6 is 11.3 Å². The van der Waals surface area contributed by atoms with Crippen molar-refractivity contribution < 1.29 is 24.2 Å². The summed E-state index contributed by atoms with van der Waals surface area (Å²) in [5.41, 5.74) is 1.09. The van der Waals surface area contributed by atoms with Crippen LogP contribution in [0.1, 0.15) is 34.1 Å². The first kappa shape index (κ1) is 17.5. The zero-order valence-electron chi connectivity index (χ0n) is 14.0. The van der Waals surface area contributed by atoms with Crippen LogP contribution in [0.25, 0.3) is 0 Å². The van der Waals surface area contributed by atoms with Crippen molar-refractivity contribution in [3.8, 4) is 0 Å². The van der Waals surface area contributed by atoms with Crippen molar-refractivity contribution >= 4 is 34.4 Å². The number of urea groups is 1. The van der Waals surface area contributed by atoms with Crippen LogP contribution in [0.4, 0.5) is 14.6 Å². The van der Waals surface area contributed by atoms with Gasteiger partial charge in [-0.3, -0.25) is 5.32 Å². The molecular weight excluding hydrogens is 346 g/mol. The summed E-state index contributed by atoms with van der Waals surface area (Å²) in [6.45, 7) is 3.65. The largest absolute Gasteiger partial charge is 0.478 e. The average Bonchev–Trinajstić information content (AvgIpc) is 3.15. The summed E-state index contributed by atoms with van der Waals surface area (Å²) in [6.07, 6.45) is 2.21. The van der Waals surface area contributed by atoms with Crippen LogP contribution in [0.5, 0.6) is 0 Å². The first-order chi connectivity index (χ1) is 12.0. The minimum Gasteiger partial charge on any atom is -0.478 e. The van der Waals surface area contributed by atoms with Gasteiger partial charge in [-0.05, 0) is 31.7 Å². The highest BCUT2D eigenvalue weighted by Gasteiger charge is 2.29. The number of amides is 3. The Hall–Kier alpha value is -2.29. The third-order valence-corrected chi connectivity index (χ3v) is 5.66. The molecule has 136 valence electrons. The molecule has 1 aliphatic carbocycles. The Morgan fingerprint density at radius 1 is 1.16 bits per heavy atom. The van der Waals surface area contributed by atoms with E-state index in [1.54, 1.807) is 16.7 Å². The van der Waals surface area contributed by atoms with Gasteiger partial charge in [0, 0.05) is 31.1 Å². The number of ether oxygens (including phenoxy) is 1. The highest BCUT2D eigenvalue weighted by atomic mass is 32.1. The minimum absolute atomic E-state index is 0.232. The highest BCUT2D eigenvalue weighted by Crippen LogP contribution is 2.39. The third-order valence-electron chi connectivity index (χ3n) is 4.45. The lowest BCUT2D eigenvalue weighted by Crippen LogP contribution is -2.51. The Kier molecular flexibility index (Phi) is 5.12. The molecule has 0 saturated carbocycles. The molecule has 25 heavy (non-hydrogen) atoms. The maximum Gasteiger partial charge on any atom is 0.409 e. The number of carbonyl (C=O) groups excluding carboxylic acids is 2. The van der Waals surface area contributed by atoms with Gasteiger partial charge in [0.05, 0.1) is 12.2 Å². The molecule has 1 aliphatic heterocycles. The number of hydrogen-bond donors (Lipinski definition) is 2. The number of rotatable bonds is 3. The summed E-state index contributed by atoms with van der Waals surface area (Å²) < 4.78 is 4.95. The molecule has 1 aromatic heterocycles. The van der Waals surface area contributed by atoms with Gasteiger partial charge in [0.1, 0.15) is 5.00 Å². The second kappa shape index (κ2) is 7.30. The van der Waals surface area contributed by atoms with E-state index in [-0.39, 0.29) is 17.7 Å². The number of carbonyl (C=O) groups is 3. The maximum atomic E-state index is 12.5. The zero-order valence-corrected chi connectivity index (χ0v) is 14.9. The topological polar surface area (TPSA) is 99.2 Å². The number of nitrogens with zero attached hydrogens (tertiary/aromatic N) is 2. The van der Waals surface area contributed by atoms with E-state index in [1.807, 2.05) is 0 Å². The van der Waals surface area contributed by atoms with Crippen molar-refractivity contribution in [3.63, 3.8) is 0 Å². The molecule has 2 heterocycles. The van der Waals surface area contributed by atoms with Crippen LogP contribution < -0.4 is 5.32 Å². The minimum atomic E-state index is -0.998. The number of aromatic carboxylic acids is 1. The van der Waals surface area contributed by atoms with Gasteiger partial charge in [0.2, 0.25) is 0 Å². The van der Waals surface area contributed by atoms with Gasteiger partial charge in [-0.1, -0.05) is 0 Å². The van der Waals surface area contributed by atoms with Gasteiger partial charge in [0.25, 0.3) is 0 Å². The van der Waals surface area contributed by atoms with Crippen molar-refractivity contribution in [1.82, 2.24) is 9.80 Å². The molecule has 0 atom stereocenters. The Morgan fingerprint density at radius 2 is 1.84 bits per heavy atom. The monoisotopic (exact) mass is 367 g/mol. The zero-order chi connectivity index (χ0) is 18.0. The standard InChI is InChI=1S/C16H21N3O5S/c1-2-24-16(23)19-8-6-18(7-9-19)15(22)17-13-12(14(20)21)10-4-3-5-11(10)25-13/h2-9H2,1H3,(H,17,22)(H,20,21). The number of carboxylic acids is 1. The van der Waals surface area contributed by atoms with Gasteiger partial charge in [0.15, 0.2) is 0 Å². The molecule has 0 bridgehead atoms. The van der Waals surface area contributed by atoms with Crippen molar-refractivity contribution in [2.45, 2.75) is 26.2 Å². The van der Waals surface area contributed by atoms with E-state index in [2.05, 4.69) is 5.32 Å². The van der Waals surface area contributed by atoms with Crippen LogP contribution in [0.3, 0.4) is 0 Å². The number of fused-ring (bicyclic) bond motifs is 1. The number of carboxylic acid groups (broad SMARTS) is 1. The number of aryl methyl sites for hydroxylation is 1. The second-order valence-corrected chi connectivity index (χ2v) is 7.07. The lowest BCUT2D eigenvalue weighted by Gasteiger charge is -2.33. The third kappa shape index (κ3) is 3.55. The van der Waals surface area contributed by atoms with E-state index in [0.717, 1.165) is 29.7 Å². The molecule has 3 rings (SSSR count). The number of nitrogens with one attached hydrogen (secondary N) is 1. The highest BCUT2D eigenvalue weighted by molar-refractivity contribution is 7.17. The van der Waals surface area contributed by atoms with E-state index in [0.29, 0.717) is 37.8 Å². The number of anilines is 1. The van der Waals surface area contributed by atoms with Crippen molar-refractivity contribution in [1.29, 1.82) is 0 Å². The molecule has 3 amide bonds. The molecule has 0 spiro atoms. The van der Waals surface area contributed by atoms with Gasteiger partial charge in [-0.15, -0.1) is 11.3 Å². The Labute approximate surface area is 149 Å². The lowest BCUT2D eigenvalue weighted by atomic mass is 10.1. The molecule has 2 N–H and O–H groups in total. The van der Waals surface area contributed by atoms with Crippen LogP contribution in [0.2, 0.25) is 0 Å². The van der Waals surface area contributed by atoms with E-state index >= 15 is 0 Å². The smallest absolute Gasteiger partial charge is 0.409 e. The Morgan fingerprint density at radius 3 is 2.48 bits per heavy atom. The summed E-state index contributed by atoms with van der Waals surface area (Å²) >= 11 is 1.36. The van der Waals surface area contributed by atoms with Gasteiger partial charge in [-0.25, -0.2) is 14.4 Å². The van der Waals surface area contributed by atoms with Gasteiger partial charge >= 0.3 is 18.1 Å². The SMILES string of the molecule is CCOC(=O)N1CCN(C(=O)Nc2sc3c(c2C(=O)O)CCC3)CC1. The van der Waals surface area contributed by atoms with E-state index in [1.165, 1.54) is 11.3 Å². The van der Waals surface area contributed by atoms with Crippen LogP contribution in [0.15, 0.2) is 0 Å². The van der Waals surface area contributed by atoms with Crippen molar-refractivity contribution in [2.24, 2.45) is 0 Å². The van der Waals surface area contributed by atoms with E-state index < -0.39 is 5.97 Å². The van der Waals surface area contributed by atoms with Gasteiger partial charge in [-0.2, -0.15) is 0 Å². The number of thiophene rings is 1. The molecule has 8 nitrogen and oxygen atoms in total. The second-order valence-electron chi connectivity index (χ2n) is 5.97. The predicted octanol–water partition coefficient (Wildman–Crippen LogP) is 2.24. The first-order valence-corrected chi connectivity index (χ1v) is 9.18. The molecule has 1 fully saturated rings. The average molecular weight is 367 g/mol. The van der Waals surface area contributed by atoms with Gasteiger partial charge < -0.3 is 19.6 Å². The molecule has 0 radical (unpaired) electrons. The summed E-state index contributed by atoms with van der Waals surface area (Å²) in [7, 11) is 0. The normalized spacial score (nSPS) is 16.5. The Balaban J connectivity index is 1.63. The number of hydrogen-bond acceptors (Lipinski definition) is 5. The quantitative estimate of drug-likeness (QED) is 0.854. The lowest BCUT2D eigenvalue weighted by molar-refractivity contribution is 0.0697. The number of piperazine rings is 1. The van der Waals surface area contributed by atoms with Crippen molar-refractivity contribution in [3.05, 3.63) is 16.0 Å². The molecule has 0 aromatic carbocycles. The van der Waals surface area contributed by atoms with Crippen LogP contribution in [0, 0.1) is 0 Å². The van der Waals surface area contributed by atoms with Crippen LogP contribution in [-0.4, -0.2) is 65.8 Å². The summed E-state index contributed by atoms with van der Waals surface area (Å²) in [5.74, 6) is -0.998. The molecule has 1 aromatic rings. The first-order valence-electron chi connectivity index (χ1n) is 8.36. The summed E-state index contributed by atoms with van der Waals surface area (Å²) in [4.78, 5) is 39.9. The molecule has 2 aliphatic rings. The van der Waals surface area contributed by atoms with E-state index in [4.69, 9.17) is 4.74 Å².